The van der Waals surface area contributed by atoms with Crippen LogP contribution in [0.4, 0.5) is 0 Å². The number of carboxylic acids is 1. The van der Waals surface area contributed by atoms with Gasteiger partial charge < -0.3 is 10.4 Å². The van der Waals surface area contributed by atoms with Crippen molar-refractivity contribution in [2.75, 3.05) is 0 Å². The van der Waals surface area contributed by atoms with Crippen molar-refractivity contribution in [3.63, 3.8) is 0 Å². The van der Waals surface area contributed by atoms with Crippen molar-refractivity contribution in [2.45, 2.75) is 40.7 Å². The molecule has 0 saturated carbocycles. The first-order valence-electron chi connectivity index (χ1n) is 6.11. The molecule has 1 unspecified atom stereocenters. The number of aromatic nitrogens is 1. The Balaban J connectivity index is 2.98. The molecule has 0 spiro atoms. The maximum Gasteiger partial charge on any atom is 0.326 e. The second kappa shape index (κ2) is 5.38. The zero-order chi connectivity index (χ0) is 14.8. The fourth-order valence-electron chi connectivity index (χ4n) is 1.78. The number of aryl methyl sites for hydroxylation is 2. The van der Waals surface area contributed by atoms with Crippen molar-refractivity contribution in [3.8, 4) is 0 Å². The van der Waals surface area contributed by atoms with E-state index in [-0.39, 0.29) is 0 Å². The molecule has 0 saturated heterocycles. The minimum Gasteiger partial charge on any atom is -0.480 e. The van der Waals surface area contributed by atoms with Gasteiger partial charge in [-0.2, -0.15) is 0 Å². The van der Waals surface area contributed by atoms with E-state index in [0.717, 1.165) is 5.69 Å². The highest BCUT2D eigenvalue weighted by Crippen LogP contribution is 2.20. The number of carbonyl (C=O) groups excluding carboxylic acids is 1. The summed E-state index contributed by atoms with van der Waals surface area (Å²) >= 11 is 0. The van der Waals surface area contributed by atoms with Gasteiger partial charge in [0.2, 0.25) is 0 Å². The summed E-state index contributed by atoms with van der Waals surface area (Å²) < 4.78 is 0. The van der Waals surface area contributed by atoms with Crippen LogP contribution in [0, 0.1) is 19.3 Å². The first-order valence-corrected chi connectivity index (χ1v) is 6.11. The molecule has 0 radical (unpaired) electrons. The summed E-state index contributed by atoms with van der Waals surface area (Å²) in [4.78, 5) is 27.5. The van der Waals surface area contributed by atoms with Gasteiger partial charge in [-0.25, -0.2) is 4.79 Å². The number of pyridine rings is 1. The Bertz CT molecular complexity index is 504. The lowest BCUT2D eigenvalue weighted by atomic mass is 9.86. The van der Waals surface area contributed by atoms with Crippen LogP contribution in [-0.2, 0) is 4.79 Å². The summed E-state index contributed by atoms with van der Waals surface area (Å²) in [7, 11) is 0. The number of aliphatic carboxylic acids is 1. The molecule has 0 aliphatic carbocycles. The summed E-state index contributed by atoms with van der Waals surface area (Å²) in [5.41, 5.74) is 1.25. The molecule has 0 aromatic carbocycles. The van der Waals surface area contributed by atoms with Crippen LogP contribution in [0.3, 0.4) is 0 Å². The molecular formula is C14H20N2O3. The summed E-state index contributed by atoms with van der Waals surface area (Å²) in [6.45, 7) is 8.88. The van der Waals surface area contributed by atoms with Gasteiger partial charge in [0.1, 0.15) is 6.04 Å². The Morgan fingerprint density at radius 2 is 1.84 bits per heavy atom. The number of nitrogens with zero attached hydrogens (tertiary/aromatic N) is 1. The molecule has 1 heterocycles. The van der Waals surface area contributed by atoms with Gasteiger partial charge in [0.15, 0.2) is 0 Å². The van der Waals surface area contributed by atoms with Crippen LogP contribution < -0.4 is 5.32 Å². The number of hydrogen-bond donors (Lipinski definition) is 2. The predicted octanol–water partition coefficient (Wildman–Crippen LogP) is 1.93. The van der Waals surface area contributed by atoms with Crippen molar-refractivity contribution in [1.82, 2.24) is 10.3 Å². The van der Waals surface area contributed by atoms with E-state index in [1.807, 2.05) is 6.92 Å². The van der Waals surface area contributed by atoms with E-state index in [1.54, 1.807) is 39.8 Å². The smallest absolute Gasteiger partial charge is 0.326 e. The van der Waals surface area contributed by atoms with Crippen molar-refractivity contribution >= 4 is 11.9 Å². The molecular weight excluding hydrogens is 244 g/mol. The first kappa shape index (κ1) is 15.1. The summed E-state index contributed by atoms with van der Waals surface area (Å²) in [6, 6.07) is 2.45. The maximum atomic E-state index is 12.1. The lowest BCUT2D eigenvalue weighted by Crippen LogP contribution is -2.49. The third-order valence-electron chi connectivity index (χ3n) is 2.86. The summed E-state index contributed by atoms with van der Waals surface area (Å²) in [6.07, 6.45) is 0. The number of nitrogens with one attached hydrogen (secondary N) is 1. The van der Waals surface area contributed by atoms with E-state index >= 15 is 0 Å². The van der Waals surface area contributed by atoms with Gasteiger partial charge >= 0.3 is 5.97 Å². The standard InChI is InChI=1S/C14H20N2O3/c1-8-6-7-10(9(2)15-8)12(17)16-11(13(18)19)14(3,4)5/h6-7,11H,1-5H3,(H,16,17)(H,18,19). The molecule has 0 aliphatic rings. The largest absolute Gasteiger partial charge is 0.480 e. The average Bonchev–Trinajstić information content (AvgIpc) is 2.23. The van der Waals surface area contributed by atoms with Crippen LogP contribution in [-0.4, -0.2) is 28.0 Å². The molecule has 1 aromatic heterocycles. The molecule has 0 fully saturated rings. The zero-order valence-electron chi connectivity index (χ0n) is 11.9. The number of carboxylic acid groups (broad SMARTS) is 1. The minimum atomic E-state index is -1.04. The fraction of sp³-hybridized carbons (Fsp3) is 0.500. The predicted molar refractivity (Wildman–Crippen MR) is 72.1 cm³/mol. The average molecular weight is 264 g/mol. The van der Waals surface area contributed by atoms with E-state index in [9.17, 15) is 14.7 Å². The van der Waals surface area contributed by atoms with Gasteiger partial charge in [-0.3, -0.25) is 9.78 Å². The maximum absolute atomic E-state index is 12.1. The Kier molecular flexibility index (Phi) is 4.29. The second-order valence-corrected chi connectivity index (χ2v) is 5.70. The van der Waals surface area contributed by atoms with Gasteiger partial charge in [-0.1, -0.05) is 20.8 Å². The van der Waals surface area contributed by atoms with Crippen LogP contribution in [0.1, 0.15) is 42.5 Å². The van der Waals surface area contributed by atoms with Crippen LogP contribution >= 0.6 is 0 Å². The van der Waals surface area contributed by atoms with E-state index in [2.05, 4.69) is 10.3 Å². The number of rotatable bonds is 3. The lowest BCUT2D eigenvalue weighted by Gasteiger charge is -2.27. The van der Waals surface area contributed by atoms with Crippen molar-refractivity contribution in [1.29, 1.82) is 0 Å². The highest BCUT2D eigenvalue weighted by atomic mass is 16.4. The molecule has 1 aromatic rings. The van der Waals surface area contributed by atoms with Crippen molar-refractivity contribution in [2.24, 2.45) is 5.41 Å². The molecule has 1 rings (SSSR count). The topological polar surface area (TPSA) is 79.3 Å². The second-order valence-electron chi connectivity index (χ2n) is 5.70. The van der Waals surface area contributed by atoms with Crippen LogP contribution in [0.25, 0.3) is 0 Å². The quantitative estimate of drug-likeness (QED) is 0.874. The first-order chi connectivity index (χ1) is 8.62. The SMILES string of the molecule is Cc1ccc(C(=O)NC(C(=O)O)C(C)(C)C)c(C)n1. The monoisotopic (exact) mass is 264 g/mol. The van der Waals surface area contributed by atoms with E-state index < -0.39 is 23.3 Å². The van der Waals surface area contributed by atoms with E-state index in [0.29, 0.717) is 11.3 Å². The van der Waals surface area contributed by atoms with Crippen molar-refractivity contribution < 1.29 is 14.7 Å². The lowest BCUT2D eigenvalue weighted by molar-refractivity contribution is -0.142. The highest BCUT2D eigenvalue weighted by molar-refractivity contribution is 5.97. The molecule has 0 bridgehead atoms. The van der Waals surface area contributed by atoms with Gasteiger partial charge in [0.05, 0.1) is 11.3 Å². The molecule has 1 amide bonds. The van der Waals surface area contributed by atoms with Crippen LogP contribution in [0.2, 0.25) is 0 Å². The highest BCUT2D eigenvalue weighted by Gasteiger charge is 2.33. The summed E-state index contributed by atoms with van der Waals surface area (Å²) in [5, 5.41) is 11.7. The number of carbonyl (C=O) groups is 2. The van der Waals surface area contributed by atoms with Gasteiger partial charge in [0.25, 0.3) is 5.91 Å². The molecule has 5 heteroatoms. The Morgan fingerprint density at radius 3 is 2.26 bits per heavy atom. The molecule has 19 heavy (non-hydrogen) atoms. The molecule has 5 nitrogen and oxygen atoms in total. The number of hydrogen-bond acceptors (Lipinski definition) is 3. The zero-order valence-corrected chi connectivity index (χ0v) is 11.9. The Hall–Kier alpha value is -1.91. The molecule has 1 atom stereocenters. The van der Waals surface area contributed by atoms with E-state index in [1.165, 1.54) is 0 Å². The molecule has 2 N–H and O–H groups in total. The normalized spacial score (nSPS) is 12.9. The third-order valence-corrected chi connectivity index (χ3v) is 2.86. The van der Waals surface area contributed by atoms with Crippen molar-refractivity contribution in [3.05, 3.63) is 29.1 Å². The van der Waals surface area contributed by atoms with Crippen LogP contribution in [0.5, 0.6) is 0 Å². The van der Waals surface area contributed by atoms with E-state index in [4.69, 9.17) is 0 Å². The third kappa shape index (κ3) is 3.77. The molecule has 0 aliphatic heterocycles. The Labute approximate surface area is 113 Å². The Morgan fingerprint density at radius 1 is 1.26 bits per heavy atom. The van der Waals surface area contributed by atoms with Crippen LogP contribution in [0.15, 0.2) is 12.1 Å². The van der Waals surface area contributed by atoms with Gasteiger partial charge in [-0.05, 0) is 31.4 Å². The fourth-order valence-corrected chi connectivity index (χ4v) is 1.78. The minimum absolute atomic E-state index is 0.404. The van der Waals surface area contributed by atoms with Gasteiger partial charge in [-0.15, -0.1) is 0 Å². The number of amides is 1. The molecule has 104 valence electrons. The summed E-state index contributed by atoms with van der Waals surface area (Å²) in [5.74, 6) is -1.45. The van der Waals surface area contributed by atoms with Gasteiger partial charge in [0, 0.05) is 5.69 Å².